The lowest BCUT2D eigenvalue weighted by atomic mass is 10.1. The van der Waals surface area contributed by atoms with Crippen LogP contribution in [0.2, 0.25) is 10.0 Å². The highest BCUT2D eigenvalue weighted by Crippen LogP contribution is 2.49. The van der Waals surface area contributed by atoms with Crippen LogP contribution in [0, 0.1) is 10.1 Å². The minimum atomic E-state index is -1.15. The van der Waals surface area contributed by atoms with Crippen molar-refractivity contribution in [1.29, 1.82) is 0 Å². The number of nitrogens with zero attached hydrogens (tertiary/aromatic N) is 4. The number of para-hydroxylation sites is 1. The first-order valence-corrected chi connectivity index (χ1v) is 12.1. The molecule has 1 fully saturated rings. The Hall–Kier alpha value is -2.93. The molecule has 0 radical (unpaired) electrons. The van der Waals surface area contributed by atoms with Crippen molar-refractivity contribution in [3.8, 4) is 5.75 Å². The number of nitro groups is 1. The van der Waals surface area contributed by atoms with E-state index in [9.17, 15) is 24.8 Å². The molecule has 0 bridgehead atoms. The molecule has 2 atom stereocenters. The van der Waals surface area contributed by atoms with Crippen LogP contribution in [0.15, 0.2) is 42.5 Å². The van der Waals surface area contributed by atoms with Crippen LogP contribution in [-0.4, -0.2) is 37.4 Å². The zero-order valence-corrected chi connectivity index (χ0v) is 20.1. The maximum atomic E-state index is 13.1. The van der Waals surface area contributed by atoms with Gasteiger partial charge in [0.15, 0.2) is 5.01 Å². The Morgan fingerprint density at radius 1 is 1.24 bits per heavy atom. The maximum absolute atomic E-state index is 13.1. The number of benzene rings is 2. The molecule has 34 heavy (non-hydrogen) atoms. The van der Waals surface area contributed by atoms with Gasteiger partial charge in [0.05, 0.1) is 27.2 Å². The molecule has 3 aromatic rings. The van der Waals surface area contributed by atoms with Gasteiger partial charge in [0.2, 0.25) is 11.0 Å². The number of amides is 1. The fraction of sp³-hybridized carbons (Fsp3) is 0.200. The lowest BCUT2D eigenvalue weighted by Crippen LogP contribution is -2.32. The number of nitro benzene ring substituents is 1. The number of hydrogen-bond acceptors (Lipinski definition) is 9. The van der Waals surface area contributed by atoms with Gasteiger partial charge >= 0.3 is 5.97 Å². The Bertz CT molecular complexity index is 1270. The topological polar surface area (TPSA) is 136 Å². The molecule has 0 spiro atoms. The second kappa shape index (κ2) is 10.1. The van der Waals surface area contributed by atoms with Crippen LogP contribution >= 0.6 is 46.3 Å². The number of hydrogen-bond donors (Lipinski definition) is 1. The number of ether oxygens (including phenoxy) is 1. The molecule has 1 aliphatic rings. The van der Waals surface area contributed by atoms with Gasteiger partial charge in [-0.3, -0.25) is 24.6 Å². The van der Waals surface area contributed by atoms with Gasteiger partial charge < -0.3 is 9.84 Å². The van der Waals surface area contributed by atoms with Crippen molar-refractivity contribution in [2.24, 2.45) is 0 Å². The smallest absolute Gasteiger partial charge is 0.305 e. The second-order valence-electron chi connectivity index (χ2n) is 6.94. The van der Waals surface area contributed by atoms with Crippen LogP contribution in [0.4, 0.5) is 10.8 Å². The average Bonchev–Trinajstić information content (AvgIpc) is 3.37. The largest absolute Gasteiger partial charge is 0.485 e. The van der Waals surface area contributed by atoms with Crippen LogP contribution in [0.5, 0.6) is 5.75 Å². The first-order valence-electron chi connectivity index (χ1n) is 9.58. The maximum Gasteiger partial charge on any atom is 0.305 e. The summed E-state index contributed by atoms with van der Waals surface area (Å²) in [4.78, 5) is 36.7. The van der Waals surface area contributed by atoms with Crippen LogP contribution in [0.1, 0.15) is 22.4 Å². The molecule has 1 aliphatic heterocycles. The summed E-state index contributed by atoms with van der Waals surface area (Å²) in [7, 11) is 0. The fourth-order valence-corrected chi connectivity index (χ4v) is 6.01. The van der Waals surface area contributed by atoms with E-state index in [-0.39, 0.29) is 23.0 Å². The van der Waals surface area contributed by atoms with E-state index in [4.69, 9.17) is 27.9 Å². The van der Waals surface area contributed by atoms with Gasteiger partial charge in [-0.2, -0.15) is 0 Å². The van der Waals surface area contributed by atoms with Crippen molar-refractivity contribution in [3.63, 3.8) is 0 Å². The summed E-state index contributed by atoms with van der Waals surface area (Å²) in [6, 6.07) is 10.8. The molecule has 0 saturated carbocycles. The van der Waals surface area contributed by atoms with Gasteiger partial charge in [0.25, 0.3) is 5.69 Å². The summed E-state index contributed by atoms with van der Waals surface area (Å²) in [5.41, 5.74) is 0.0823. The Morgan fingerprint density at radius 3 is 2.71 bits per heavy atom. The molecule has 1 aromatic heterocycles. The molecule has 0 aliphatic carbocycles. The number of aromatic nitrogens is 2. The van der Waals surface area contributed by atoms with E-state index >= 15 is 0 Å². The third kappa shape index (κ3) is 5.09. The van der Waals surface area contributed by atoms with Crippen LogP contribution in [0.25, 0.3) is 0 Å². The molecule has 10 nitrogen and oxygen atoms in total. The van der Waals surface area contributed by atoms with Gasteiger partial charge in [-0.1, -0.05) is 46.7 Å². The molecule has 2 aromatic carbocycles. The lowest BCUT2D eigenvalue weighted by Gasteiger charge is -2.20. The number of carboxylic acid groups (broad SMARTS) is 1. The van der Waals surface area contributed by atoms with E-state index in [0.717, 1.165) is 23.1 Å². The summed E-state index contributed by atoms with van der Waals surface area (Å²) in [5.74, 6) is -1.28. The number of carbonyl (C=O) groups is 2. The SMILES string of the molecule is O=C(O)CC1SC(c2ccccc2[N+](=O)[O-])N(c2nnc(COc3ccc(Cl)cc3Cl)s2)C1=O. The van der Waals surface area contributed by atoms with E-state index in [1.807, 2.05) is 0 Å². The van der Waals surface area contributed by atoms with Crippen molar-refractivity contribution in [3.05, 3.63) is 73.2 Å². The summed E-state index contributed by atoms with van der Waals surface area (Å²) in [6.07, 6.45) is -0.430. The minimum Gasteiger partial charge on any atom is -0.485 e. The van der Waals surface area contributed by atoms with Gasteiger partial charge in [-0.05, 0) is 24.3 Å². The number of thioether (sulfide) groups is 1. The van der Waals surface area contributed by atoms with Gasteiger partial charge in [0.1, 0.15) is 17.7 Å². The molecule has 4 rings (SSSR count). The third-order valence-corrected chi connectivity index (χ3v) is 7.55. The highest BCUT2D eigenvalue weighted by molar-refractivity contribution is 8.01. The predicted molar refractivity (Wildman–Crippen MR) is 128 cm³/mol. The van der Waals surface area contributed by atoms with Crippen molar-refractivity contribution in [2.75, 3.05) is 4.90 Å². The van der Waals surface area contributed by atoms with Crippen molar-refractivity contribution in [2.45, 2.75) is 23.7 Å². The predicted octanol–water partition coefficient (Wildman–Crippen LogP) is 4.95. The molecular formula is C20H14Cl2N4O6S2. The summed E-state index contributed by atoms with van der Waals surface area (Å²) in [6.45, 7) is 0.00288. The Balaban J connectivity index is 1.62. The third-order valence-electron chi connectivity index (χ3n) is 4.71. The number of halogens is 2. The van der Waals surface area contributed by atoms with E-state index in [1.165, 1.54) is 29.2 Å². The molecule has 2 heterocycles. The number of aliphatic carboxylic acids is 1. The lowest BCUT2D eigenvalue weighted by molar-refractivity contribution is -0.385. The summed E-state index contributed by atoms with van der Waals surface area (Å²) < 4.78 is 5.66. The summed E-state index contributed by atoms with van der Waals surface area (Å²) >= 11 is 14.1. The van der Waals surface area contributed by atoms with E-state index in [2.05, 4.69) is 10.2 Å². The quantitative estimate of drug-likeness (QED) is 0.310. The molecule has 1 N–H and O–H groups in total. The summed E-state index contributed by atoms with van der Waals surface area (Å²) in [5, 5.41) is 28.5. The van der Waals surface area contributed by atoms with Crippen molar-refractivity contribution < 1.29 is 24.4 Å². The van der Waals surface area contributed by atoms with Gasteiger partial charge in [-0.15, -0.1) is 22.0 Å². The van der Waals surface area contributed by atoms with Gasteiger partial charge in [-0.25, -0.2) is 0 Å². The average molecular weight is 541 g/mol. The fourth-order valence-electron chi connectivity index (χ4n) is 3.24. The zero-order chi connectivity index (χ0) is 24.4. The highest BCUT2D eigenvalue weighted by atomic mass is 35.5. The Labute approximate surface area is 210 Å². The first kappa shape index (κ1) is 24.2. The number of rotatable bonds is 8. The molecule has 1 saturated heterocycles. The number of carbonyl (C=O) groups excluding carboxylic acids is 1. The van der Waals surface area contributed by atoms with E-state index < -0.39 is 33.8 Å². The van der Waals surface area contributed by atoms with Crippen molar-refractivity contribution in [1.82, 2.24) is 10.2 Å². The highest BCUT2D eigenvalue weighted by Gasteiger charge is 2.46. The second-order valence-corrected chi connectivity index (χ2v) is 10.1. The molecule has 2 unspecified atom stereocenters. The van der Waals surface area contributed by atoms with E-state index in [1.54, 1.807) is 18.2 Å². The van der Waals surface area contributed by atoms with E-state index in [0.29, 0.717) is 20.8 Å². The Kier molecular flexibility index (Phi) is 7.22. The van der Waals surface area contributed by atoms with Crippen LogP contribution < -0.4 is 9.64 Å². The zero-order valence-electron chi connectivity index (χ0n) is 17.0. The molecule has 176 valence electrons. The minimum absolute atomic E-state index is 0.00288. The van der Waals surface area contributed by atoms with Crippen molar-refractivity contribution >= 4 is 69.0 Å². The van der Waals surface area contributed by atoms with Crippen LogP contribution in [-0.2, 0) is 16.2 Å². The monoisotopic (exact) mass is 540 g/mol. The molecule has 1 amide bonds. The molecular weight excluding hydrogens is 527 g/mol. The Morgan fingerprint density at radius 2 is 2.00 bits per heavy atom. The number of anilines is 1. The standard InChI is InChI=1S/C20H14Cl2N4O6S2/c21-10-5-6-14(12(22)7-10)32-9-16-23-24-20(34-16)25-18(29)15(8-17(27)28)33-19(25)11-3-1-2-4-13(11)26(30)31/h1-7,15,19H,8-9H2,(H,27,28). The van der Waals surface area contributed by atoms with Crippen LogP contribution in [0.3, 0.4) is 0 Å². The first-order chi connectivity index (χ1) is 16.2. The molecule has 14 heteroatoms. The number of carboxylic acids is 1. The normalized spacial score (nSPS) is 17.7. The van der Waals surface area contributed by atoms with Gasteiger partial charge in [0, 0.05) is 11.1 Å².